The molecule has 0 fully saturated rings. The molecule has 3 atom stereocenters. The van der Waals surface area contributed by atoms with E-state index in [1.54, 1.807) is 0 Å². The van der Waals surface area contributed by atoms with Crippen LogP contribution in [0.1, 0.15) is 181 Å². The summed E-state index contributed by atoms with van der Waals surface area (Å²) in [4.78, 5) is 52.6. The third-order valence-electron chi connectivity index (χ3n) is 8.99. The first-order chi connectivity index (χ1) is 27.4. The molecule has 0 aromatic carbocycles. The van der Waals surface area contributed by atoms with Gasteiger partial charge in [0.1, 0.15) is 12.7 Å². The number of hydrogen-bond acceptors (Lipinski definition) is 10. The average molecular weight is 853 g/mol. The zero-order valence-corrected chi connectivity index (χ0v) is 37.0. The Morgan fingerprint density at radius 3 is 1.44 bits per heavy atom. The molecule has 15 heteroatoms. The first-order valence-corrected chi connectivity index (χ1v) is 24.7. The van der Waals surface area contributed by atoms with Crippen LogP contribution in [0.25, 0.3) is 0 Å². The summed E-state index contributed by atoms with van der Waals surface area (Å²) in [5.74, 6) is -1.06. The minimum Gasteiger partial charge on any atom is -0.462 e. The molecule has 0 radical (unpaired) electrons. The summed E-state index contributed by atoms with van der Waals surface area (Å²) in [6.07, 6.45) is 37.0. The molecule has 0 aliphatic rings. The SMILES string of the molecule is CCCCCC=CCC=CCCCCCCCC(=O)OC(COC(=O)CCCCCCCC=CCCCCCCCC)COP(=O)(O)OCC(O)COP(=O)(O)O. The lowest BCUT2D eigenvalue weighted by molar-refractivity contribution is -0.161. The van der Waals surface area contributed by atoms with Crippen molar-refractivity contribution < 1.29 is 61.6 Å². The maximum atomic E-state index is 12.6. The maximum absolute atomic E-state index is 12.6. The second-order valence-electron chi connectivity index (χ2n) is 14.6. The van der Waals surface area contributed by atoms with Gasteiger partial charge >= 0.3 is 27.6 Å². The van der Waals surface area contributed by atoms with Crippen LogP contribution in [0.4, 0.5) is 0 Å². The number of aliphatic hydroxyl groups excluding tert-OH is 1. The smallest absolute Gasteiger partial charge is 0.462 e. The molecule has 0 aromatic rings. The van der Waals surface area contributed by atoms with E-state index < -0.39 is 66.2 Å². The fourth-order valence-corrected chi connectivity index (χ4v) is 6.82. The molecule has 334 valence electrons. The molecule has 0 aliphatic heterocycles. The number of phosphoric acid groups is 2. The highest BCUT2D eigenvalue weighted by molar-refractivity contribution is 7.47. The van der Waals surface area contributed by atoms with Crippen molar-refractivity contribution in [2.75, 3.05) is 26.4 Å². The van der Waals surface area contributed by atoms with Gasteiger partial charge in [-0.2, -0.15) is 0 Å². The second kappa shape index (κ2) is 38.5. The van der Waals surface area contributed by atoms with Crippen LogP contribution < -0.4 is 0 Å². The monoisotopic (exact) mass is 852 g/mol. The van der Waals surface area contributed by atoms with Gasteiger partial charge in [-0.25, -0.2) is 9.13 Å². The summed E-state index contributed by atoms with van der Waals surface area (Å²) in [5.41, 5.74) is 0. The van der Waals surface area contributed by atoms with Gasteiger partial charge in [0.05, 0.1) is 19.8 Å². The molecule has 0 amide bonds. The molecule has 0 aromatic heterocycles. The molecule has 0 spiro atoms. The third-order valence-corrected chi connectivity index (χ3v) is 10.4. The summed E-state index contributed by atoms with van der Waals surface area (Å²) in [6.45, 7) is 1.71. The van der Waals surface area contributed by atoms with E-state index in [-0.39, 0.29) is 12.8 Å². The first kappa shape index (κ1) is 55.3. The van der Waals surface area contributed by atoms with Crippen molar-refractivity contribution in [1.82, 2.24) is 0 Å². The minimum atomic E-state index is -4.86. The molecule has 0 bridgehead atoms. The van der Waals surface area contributed by atoms with Crippen molar-refractivity contribution in [1.29, 1.82) is 0 Å². The Morgan fingerprint density at radius 1 is 0.509 bits per heavy atom. The van der Waals surface area contributed by atoms with Crippen molar-refractivity contribution in [2.24, 2.45) is 0 Å². The summed E-state index contributed by atoms with van der Waals surface area (Å²) >= 11 is 0. The number of rotatable bonds is 41. The fraction of sp³-hybridized carbons (Fsp3) is 0.810. The molecule has 13 nitrogen and oxygen atoms in total. The number of esters is 2. The van der Waals surface area contributed by atoms with Crippen molar-refractivity contribution in [3.8, 4) is 0 Å². The van der Waals surface area contributed by atoms with Crippen LogP contribution in [0.3, 0.4) is 0 Å². The molecule has 0 saturated carbocycles. The highest BCUT2D eigenvalue weighted by Gasteiger charge is 2.28. The van der Waals surface area contributed by atoms with Crippen LogP contribution in [0.15, 0.2) is 36.5 Å². The van der Waals surface area contributed by atoms with Gasteiger partial charge in [0, 0.05) is 12.8 Å². The summed E-state index contributed by atoms with van der Waals surface area (Å²) in [7, 11) is -9.67. The number of hydrogen-bond donors (Lipinski definition) is 4. The van der Waals surface area contributed by atoms with Gasteiger partial charge in [-0.05, 0) is 70.6 Å². The number of aliphatic hydroxyl groups is 1. The fourth-order valence-electron chi connectivity index (χ4n) is 5.67. The zero-order chi connectivity index (χ0) is 42.3. The van der Waals surface area contributed by atoms with Gasteiger partial charge in [-0.1, -0.05) is 134 Å². The number of phosphoric ester groups is 2. The van der Waals surface area contributed by atoms with Crippen LogP contribution in [-0.2, 0) is 41.8 Å². The molecule has 0 aliphatic carbocycles. The lowest BCUT2D eigenvalue weighted by atomic mass is 10.1. The minimum absolute atomic E-state index is 0.114. The van der Waals surface area contributed by atoms with Crippen LogP contribution in [-0.4, -0.2) is 70.4 Å². The predicted molar refractivity (Wildman–Crippen MR) is 225 cm³/mol. The van der Waals surface area contributed by atoms with E-state index in [1.807, 2.05) is 0 Å². The Bertz CT molecular complexity index is 1150. The number of unbranched alkanes of at least 4 members (excludes halogenated alkanes) is 19. The molecule has 57 heavy (non-hydrogen) atoms. The van der Waals surface area contributed by atoms with Crippen LogP contribution in [0.2, 0.25) is 0 Å². The van der Waals surface area contributed by atoms with Crippen LogP contribution in [0, 0.1) is 0 Å². The Balaban J connectivity index is 4.56. The molecule has 4 N–H and O–H groups in total. The summed E-state index contributed by atoms with van der Waals surface area (Å²) in [5, 5.41) is 9.74. The lowest BCUT2D eigenvalue weighted by Gasteiger charge is -2.20. The second-order valence-corrected chi connectivity index (χ2v) is 17.3. The maximum Gasteiger partial charge on any atom is 0.472 e. The summed E-state index contributed by atoms with van der Waals surface area (Å²) < 4.78 is 47.7. The number of ether oxygens (including phenoxy) is 2. The quantitative estimate of drug-likeness (QED) is 0.0196. The largest absolute Gasteiger partial charge is 0.472 e. The van der Waals surface area contributed by atoms with Crippen molar-refractivity contribution in [3.63, 3.8) is 0 Å². The van der Waals surface area contributed by atoms with Gasteiger partial charge in [0.25, 0.3) is 0 Å². The molecule has 0 heterocycles. The Morgan fingerprint density at radius 2 is 0.912 bits per heavy atom. The number of carbonyl (C=O) groups is 2. The van der Waals surface area contributed by atoms with Crippen molar-refractivity contribution in [3.05, 3.63) is 36.5 Å². The van der Waals surface area contributed by atoms with Crippen molar-refractivity contribution in [2.45, 2.75) is 193 Å². The molecule has 3 unspecified atom stereocenters. The first-order valence-electron chi connectivity index (χ1n) is 21.7. The Kier molecular flexibility index (Phi) is 37.4. The van der Waals surface area contributed by atoms with Crippen LogP contribution >= 0.6 is 15.6 Å². The van der Waals surface area contributed by atoms with E-state index in [1.165, 1.54) is 57.8 Å². The normalized spacial score (nSPS) is 14.4. The van der Waals surface area contributed by atoms with E-state index in [0.717, 1.165) is 83.5 Å². The highest BCUT2D eigenvalue weighted by atomic mass is 31.2. The van der Waals surface area contributed by atoms with Gasteiger partial charge in [0.15, 0.2) is 6.10 Å². The molecular weight excluding hydrogens is 774 g/mol. The average Bonchev–Trinajstić information content (AvgIpc) is 3.17. The van der Waals surface area contributed by atoms with Gasteiger partial charge in [0.2, 0.25) is 0 Å². The Labute approximate surface area is 344 Å². The molecule has 0 saturated heterocycles. The standard InChI is InChI=1S/C42H78O13P2/c1-3-5-7-9-11-13-15-17-19-21-23-25-27-29-31-33-41(44)51-37-40(38-54-57(49,50)53-36-39(43)35-52-56(46,47)48)55-42(45)34-32-30-28-26-24-22-20-18-16-14-12-10-8-6-4-2/h12,14,17-20,39-40,43H,3-11,13,15-16,21-38H2,1-2H3,(H,49,50)(H2,46,47,48). The number of allylic oxidation sites excluding steroid dienone is 6. The zero-order valence-electron chi connectivity index (χ0n) is 35.2. The molecular formula is C42H78O13P2. The third kappa shape index (κ3) is 42.3. The Hall–Kier alpha value is -1.66. The van der Waals surface area contributed by atoms with E-state index >= 15 is 0 Å². The lowest BCUT2D eigenvalue weighted by Crippen LogP contribution is -2.30. The van der Waals surface area contributed by atoms with E-state index in [4.69, 9.17) is 23.8 Å². The topological polar surface area (TPSA) is 195 Å². The number of carbonyl (C=O) groups excluding carboxylic acids is 2. The van der Waals surface area contributed by atoms with Crippen LogP contribution in [0.5, 0.6) is 0 Å². The summed E-state index contributed by atoms with van der Waals surface area (Å²) in [6, 6.07) is 0. The van der Waals surface area contributed by atoms with Gasteiger partial charge in [-0.15, -0.1) is 0 Å². The van der Waals surface area contributed by atoms with Crippen molar-refractivity contribution >= 4 is 27.6 Å². The predicted octanol–water partition coefficient (Wildman–Crippen LogP) is 10.9. The van der Waals surface area contributed by atoms with E-state index in [2.05, 4.69) is 59.4 Å². The highest BCUT2D eigenvalue weighted by Crippen LogP contribution is 2.43. The van der Waals surface area contributed by atoms with E-state index in [0.29, 0.717) is 12.8 Å². The van der Waals surface area contributed by atoms with Gasteiger partial charge < -0.3 is 29.3 Å². The van der Waals surface area contributed by atoms with E-state index in [9.17, 15) is 28.7 Å². The van der Waals surface area contributed by atoms with Gasteiger partial charge in [-0.3, -0.25) is 23.2 Å². The molecule has 0 rings (SSSR count).